The second kappa shape index (κ2) is 6.20. The SMILES string of the molecule is CCc1ccccc1[Si](OC(C)(C)C)OC(C)(C)C. The molecule has 1 aromatic rings. The van der Waals surface area contributed by atoms with E-state index in [1.807, 2.05) is 0 Å². The van der Waals surface area contributed by atoms with Crippen LogP contribution in [0.15, 0.2) is 24.3 Å². The Morgan fingerprint density at radius 1 is 0.895 bits per heavy atom. The zero-order chi connectivity index (χ0) is 14.7. The Balaban J connectivity index is 3.08. The summed E-state index contributed by atoms with van der Waals surface area (Å²) in [6.45, 7) is 14.7. The zero-order valence-corrected chi connectivity index (χ0v) is 14.3. The molecular formula is C16H27O2Si. The fourth-order valence-electron chi connectivity index (χ4n) is 1.71. The Kier molecular flexibility index (Phi) is 5.36. The highest BCUT2D eigenvalue weighted by Crippen LogP contribution is 2.16. The molecule has 0 atom stereocenters. The summed E-state index contributed by atoms with van der Waals surface area (Å²) in [6.07, 6.45) is 1.01. The lowest BCUT2D eigenvalue weighted by atomic mass is 10.2. The molecule has 0 amide bonds. The Bertz CT molecular complexity index is 386. The number of benzene rings is 1. The van der Waals surface area contributed by atoms with Gasteiger partial charge >= 0.3 is 9.28 Å². The van der Waals surface area contributed by atoms with Crippen LogP contribution in [-0.4, -0.2) is 20.5 Å². The van der Waals surface area contributed by atoms with Crippen LogP contribution >= 0.6 is 0 Å². The van der Waals surface area contributed by atoms with Crippen molar-refractivity contribution in [1.29, 1.82) is 0 Å². The van der Waals surface area contributed by atoms with Crippen molar-refractivity contribution in [2.45, 2.75) is 66.1 Å². The second-order valence-corrected chi connectivity index (χ2v) is 8.25. The fourth-order valence-corrected chi connectivity index (χ4v) is 3.84. The normalized spacial score (nSPS) is 13.1. The Hall–Kier alpha value is -0.643. The largest absolute Gasteiger partial charge is 0.424 e. The molecule has 0 saturated carbocycles. The van der Waals surface area contributed by atoms with Gasteiger partial charge in [-0.3, -0.25) is 0 Å². The van der Waals surface area contributed by atoms with E-state index in [1.165, 1.54) is 10.8 Å². The molecule has 19 heavy (non-hydrogen) atoms. The lowest BCUT2D eigenvalue weighted by Gasteiger charge is -2.31. The Labute approximate surface area is 120 Å². The summed E-state index contributed by atoms with van der Waals surface area (Å²) in [6, 6.07) is 8.45. The maximum absolute atomic E-state index is 6.22. The molecule has 1 aromatic carbocycles. The summed E-state index contributed by atoms with van der Waals surface area (Å²) >= 11 is 0. The highest BCUT2D eigenvalue weighted by molar-refractivity contribution is 6.62. The molecule has 0 aliphatic carbocycles. The molecule has 107 valence electrons. The van der Waals surface area contributed by atoms with Crippen LogP contribution in [0.3, 0.4) is 0 Å². The molecule has 2 nitrogen and oxygen atoms in total. The van der Waals surface area contributed by atoms with Gasteiger partial charge in [0, 0.05) is 0 Å². The summed E-state index contributed by atoms with van der Waals surface area (Å²) in [4.78, 5) is 0. The summed E-state index contributed by atoms with van der Waals surface area (Å²) in [7, 11) is -1.48. The van der Waals surface area contributed by atoms with E-state index in [-0.39, 0.29) is 11.2 Å². The van der Waals surface area contributed by atoms with Crippen molar-refractivity contribution in [1.82, 2.24) is 0 Å². The van der Waals surface area contributed by atoms with Crippen LogP contribution in [0.5, 0.6) is 0 Å². The Morgan fingerprint density at radius 3 is 1.79 bits per heavy atom. The molecule has 0 unspecified atom stereocenters. The smallest absolute Gasteiger partial charge is 0.385 e. The van der Waals surface area contributed by atoms with E-state index in [1.54, 1.807) is 0 Å². The average molecular weight is 279 g/mol. The van der Waals surface area contributed by atoms with Crippen LogP contribution in [0, 0.1) is 0 Å². The number of aryl methyl sites for hydroxylation is 1. The molecular weight excluding hydrogens is 252 g/mol. The first kappa shape index (κ1) is 16.4. The van der Waals surface area contributed by atoms with Crippen LogP contribution in [0.25, 0.3) is 0 Å². The standard InChI is InChI=1S/C16H27O2Si/c1-8-13-11-9-10-12-14(13)19(17-15(2,3)4)18-16(5,6)7/h9-12H,8H2,1-7H3. The molecule has 0 bridgehead atoms. The maximum atomic E-state index is 6.22. The maximum Gasteiger partial charge on any atom is 0.424 e. The minimum atomic E-state index is -1.48. The van der Waals surface area contributed by atoms with E-state index < -0.39 is 9.28 Å². The third kappa shape index (κ3) is 5.89. The predicted octanol–water partition coefficient (Wildman–Crippen LogP) is 3.57. The monoisotopic (exact) mass is 279 g/mol. The van der Waals surface area contributed by atoms with E-state index >= 15 is 0 Å². The lowest BCUT2D eigenvalue weighted by molar-refractivity contribution is 0.0408. The van der Waals surface area contributed by atoms with Crippen molar-refractivity contribution < 1.29 is 8.85 Å². The predicted molar refractivity (Wildman–Crippen MR) is 82.9 cm³/mol. The van der Waals surface area contributed by atoms with Gasteiger partial charge in [-0.15, -0.1) is 0 Å². The molecule has 1 rings (SSSR count). The number of rotatable bonds is 4. The van der Waals surface area contributed by atoms with Crippen LogP contribution in [0.4, 0.5) is 0 Å². The van der Waals surface area contributed by atoms with Gasteiger partial charge in [-0.05, 0) is 58.7 Å². The summed E-state index contributed by atoms with van der Waals surface area (Å²) < 4.78 is 12.4. The molecule has 0 N–H and O–H groups in total. The fraction of sp³-hybridized carbons (Fsp3) is 0.625. The van der Waals surface area contributed by atoms with Gasteiger partial charge in [0.1, 0.15) is 0 Å². The van der Waals surface area contributed by atoms with Gasteiger partial charge in [0.15, 0.2) is 0 Å². The van der Waals surface area contributed by atoms with Gasteiger partial charge in [0.2, 0.25) is 0 Å². The number of hydrogen-bond donors (Lipinski definition) is 0. The van der Waals surface area contributed by atoms with E-state index in [9.17, 15) is 0 Å². The van der Waals surface area contributed by atoms with E-state index in [4.69, 9.17) is 8.85 Å². The highest BCUT2D eigenvalue weighted by atomic mass is 28.3. The van der Waals surface area contributed by atoms with Crippen molar-refractivity contribution in [2.24, 2.45) is 0 Å². The van der Waals surface area contributed by atoms with E-state index in [0.29, 0.717) is 0 Å². The van der Waals surface area contributed by atoms with Crippen LogP contribution < -0.4 is 5.19 Å². The van der Waals surface area contributed by atoms with Crippen LogP contribution in [-0.2, 0) is 15.3 Å². The molecule has 3 heteroatoms. The molecule has 0 fully saturated rings. The first-order chi connectivity index (χ1) is 8.62. The van der Waals surface area contributed by atoms with Gasteiger partial charge in [0.05, 0.1) is 11.2 Å². The molecule has 0 aliphatic heterocycles. The molecule has 0 aromatic heterocycles. The van der Waals surface area contributed by atoms with Crippen molar-refractivity contribution in [2.75, 3.05) is 0 Å². The summed E-state index contributed by atoms with van der Waals surface area (Å²) in [5.41, 5.74) is 0.936. The van der Waals surface area contributed by atoms with Crippen molar-refractivity contribution in [3.05, 3.63) is 29.8 Å². The quantitative estimate of drug-likeness (QED) is 0.784. The lowest BCUT2D eigenvalue weighted by Crippen LogP contribution is -2.48. The van der Waals surface area contributed by atoms with Gasteiger partial charge in [-0.25, -0.2) is 0 Å². The first-order valence-electron chi connectivity index (χ1n) is 6.95. The molecule has 1 radical (unpaired) electrons. The van der Waals surface area contributed by atoms with E-state index in [0.717, 1.165) is 6.42 Å². The molecule has 0 heterocycles. The van der Waals surface area contributed by atoms with Crippen LogP contribution in [0.1, 0.15) is 54.0 Å². The minimum Gasteiger partial charge on any atom is -0.385 e. The third-order valence-corrected chi connectivity index (χ3v) is 4.94. The summed E-state index contributed by atoms with van der Waals surface area (Å²) in [5.74, 6) is 0. The molecule has 0 aliphatic rings. The van der Waals surface area contributed by atoms with Gasteiger partial charge < -0.3 is 8.85 Å². The van der Waals surface area contributed by atoms with Crippen molar-refractivity contribution in [3.8, 4) is 0 Å². The molecule has 0 saturated heterocycles. The van der Waals surface area contributed by atoms with Crippen molar-refractivity contribution in [3.63, 3.8) is 0 Å². The highest BCUT2D eigenvalue weighted by Gasteiger charge is 2.31. The molecule has 0 spiro atoms. The summed E-state index contributed by atoms with van der Waals surface area (Å²) in [5, 5.41) is 1.24. The Morgan fingerprint density at radius 2 is 1.37 bits per heavy atom. The third-order valence-electron chi connectivity index (χ3n) is 2.42. The van der Waals surface area contributed by atoms with Gasteiger partial charge in [-0.1, -0.05) is 31.2 Å². The van der Waals surface area contributed by atoms with Crippen LogP contribution in [0.2, 0.25) is 0 Å². The second-order valence-electron chi connectivity index (χ2n) is 6.73. The van der Waals surface area contributed by atoms with E-state index in [2.05, 4.69) is 72.7 Å². The minimum absolute atomic E-state index is 0.194. The number of hydrogen-bond acceptors (Lipinski definition) is 2. The van der Waals surface area contributed by atoms with Gasteiger partial charge in [-0.2, -0.15) is 0 Å². The topological polar surface area (TPSA) is 18.5 Å². The first-order valence-corrected chi connectivity index (χ1v) is 8.27. The van der Waals surface area contributed by atoms with Gasteiger partial charge in [0.25, 0.3) is 0 Å². The van der Waals surface area contributed by atoms with Crippen molar-refractivity contribution >= 4 is 14.5 Å². The average Bonchev–Trinajstić information content (AvgIpc) is 2.24. The zero-order valence-electron chi connectivity index (χ0n) is 13.3.